The molecule has 0 spiro atoms. The zero-order valence-corrected chi connectivity index (χ0v) is 14.6. The summed E-state index contributed by atoms with van der Waals surface area (Å²) in [5.74, 6) is 0.970. The molecule has 0 bridgehead atoms. The standard InChI is InChI=1S/C16H33N5/c1-7-20(8-2)11-9-10-13(5)18-16-15(17)14(6)19-21(16)12(3)4/h12-13,18H,7-11,17H2,1-6H3. The van der Waals surface area contributed by atoms with Crippen LogP contribution in [0, 0.1) is 6.92 Å². The largest absolute Gasteiger partial charge is 0.394 e. The molecule has 1 atom stereocenters. The van der Waals surface area contributed by atoms with Crippen molar-refractivity contribution < 1.29 is 0 Å². The topological polar surface area (TPSA) is 59.1 Å². The molecule has 0 radical (unpaired) electrons. The van der Waals surface area contributed by atoms with Gasteiger partial charge < -0.3 is 16.0 Å². The highest BCUT2D eigenvalue weighted by Gasteiger charge is 2.16. The minimum atomic E-state index is 0.311. The average Bonchev–Trinajstić information content (AvgIpc) is 2.72. The van der Waals surface area contributed by atoms with Crippen molar-refractivity contribution in [3.05, 3.63) is 5.69 Å². The van der Waals surface area contributed by atoms with Crippen molar-refractivity contribution in [3.8, 4) is 0 Å². The van der Waals surface area contributed by atoms with E-state index in [1.807, 2.05) is 11.6 Å². The predicted molar refractivity (Wildman–Crippen MR) is 91.9 cm³/mol. The Labute approximate surface area is 129 Å². The molecule has 3 N–H and O–H groups in total. The fourth-order valence-corrected chi connectivity index (χ4v) is 2.54. The minimum Gasteiger partial charge on any atom is -0.394 e. The number of nitrogens with one attached hydrogen (secondary N) is 1. The summed E-state index contributed by atoms with van der Waals surface area (Å²) < 4.78 is 1.99. The summed E-state index contributed by atoms with van der Waals surface area (Å²) in [6, 6.07) is 0.711. The molecule has 21 heavy (non-hydrogen) atoms. The van der Waals surface area contributed by atoms with E-state index in [-0.39, 0.29) is 0 Å². The van der Waals surface area contributed by atoms with Gasteiger partial charge in [-0.2, -0.15) is 5.10 Å². The smallest absolute Gasteiger partial charge is 0.148 e. The van der Waals surface area contributed by atoms with Crippen LogP contribution >= 0.6 is 0 Å². The van der Waals surface area contributed by atoms with E-state index < -0.39 is 0 Å². The number of aryl methyl sites for hydroxylation is 1. The second-order valence-corrected chi connectivity index (χ2v) is 6.10. The van der Waals surface area contributed by atoms with Crippen molar-refractivity contribution in [3.63, 3.8) is 0 Å². The number of nitrogen functional groups attached to an aromatic ring is 1. The third-order valence-electron chi connectivity index (χ3n) is 4.01. The normalized spacial score (nSPS) is 13.1. The van der Waals surface area contributed by atoms with Gasteiger partial charge in [0.15, 0.2) is 0 Å². The van der Waals surface area contributed by atoms with Crippen LogP contribution in [0.5, 0.6) is 0 Å². The maximum atomic E-state index is 6.16. The first-order valence-corrected chi connectivity index (χ1v) is 8.24. The molecule has 0 fully saturated rings. The maximum absolute atomic E-state index is 6.16. The number of aromatic nitrogens is 2. The quantitative estimate of drug-likeness (QED) is 0.734. The van der Waals surface area contributed by atoms with Gasteiger partial charge in [0.2, 0.25) is 0 Å². The molecule has 1 heterocycles. The van der Waals surface area contributed by atoms with Crippen LogP contribution in [-0.2, 0) is 0 Å². The van der Waals surface area contributed by atoms with Gasteiger partial charge in [-0.05, 0) is 60.2 Å². The first-order valence-electron chi connectivity index (χ1n) is 8.24. The van der Waals surface area contributed by atoms with Crippen molar-refractivity contribution in [1.82, 2.24) is 14.7 Å². The second-order valence-electron chi connectivity index (χ2n) is 6.10. The van der Waals surface area contributed by atoms with E-state index in [1.54, 1.807) is 0 Å². The van der Waals surface area contributed by atoms with Gasteiger partial charge in [-0.15, -0.1) is 0 Å². The van der Waals surface area contributed by atoms with Gasteiger partial charge in [-0.25, -0.2) is 4.68 Å². The number of anilines is 2. The SMILES string of the molecule is CCN(CC)CCCC(C)Nc1c(N)c(C)nn1C(C)C. The zero-order valence-electron chi connectivity index (χ0n) is 14.6. The zero-order chi connectivity index (χ0) is 16.0. The fourth-order valence-electron chi connectivity index (χ4n) is 2.54. The van der Waals surface area contributed by atoms with Crippen LogP contribution < -0.4 is 11.1 Å². The van der Waals surface area contributed by atoms with Gasteiger partial charge in [0.1, 0.15) is 5.82 Å². The van der Waals surface area contributed by atoms with E-state index in [9.17, 15) is 0 Å². The Balaban J connectivity index is 2.57. The summed E-state index contributed by atoms with van der Waals surface area (Å²) in [5, 5.41) is 8.07. The molecular formula is C16H33N5. The summed E-state index contributed by atoms with van der Waals surface area (Å²) in [6.45, 7) is 16.3. The summed E-state index contributed by atoms with van der Waals surface area (Å²) >= 11 is 0. The monoisotopic (exact) mass is 295 g/mol. The van der Waals surface area contributed by atoms with Crippen LogP contribution in [-0.4, -0.2) is 40.4 Å². The van der Waals surface area contributed by atoms with Crippen LogP contribution in [0.3, 0.4) is 0 Å². The highest BCUT2D eigenvalue weighted by molar-refractivity contribution is 5.65. The third-order valence-corrected chi connectivity index (χ3v) is 4.01. The molecule has 0 saturated heterocycles. The molecule has 1 aromatic heterocycles. The lowest BCUT2D eigenvalue weighted by Gasteiger charge is -2.21. The van der Waals surface area contributed by atoms with E-state index in [0.717, 1.165) is 43.3 Å². The average molecular weight is 295 g/mol. The molecule has 1 rings (SSSR count). The summed E-state index contributed by atoms with van der Waals surface area (Å²) in [7, 11) is 0. The molecule has 0 aliphatic rings. The number of nitrogens with zero attached hydrogens (tertiary/aromatic N) is 3. The van der Waals surface area contributed by atoms with E-state index in [2.05, 4.69) is 49.9 Å². The van der Waals surface area contributed by atoms with Crippen molar-refractivity contribution in [2.75, 3.05) is 30.7 Å². The van der Waals surface area contributed by atoms with E-state index in [4.69, 9.17) is 5.73 Å². The first-order chi connectivity index (χ1) is 9.90. The second kappa shape index (κ2) is 8.27. The van der Waals surface area contributed by atoms with E-state index >= 15 is 0 Å². The number of rotatable bonds is 9. The molecule has 5 nitrogen and oxygen atoms in total. The van der Waals surface area contributed by atoms with E-state index in [1.165, 1.54) is 6.42 Å². The van der Waals surface area contributed by atoms with Gasteiger partial charge in [-0.1, -0.05) is 13.8 Å². The Bertz CT molecular complexity index is 421. The molecule has 0 aliphatic carbocycles. The molecule has 1 aromatic rings. The highest BCUT2D eigenvalue weighted by atomic mass is 15.4. The molecule has 5 heteroatoms. The first kappa shape index (κ1) is 17.8. The maximum Gasteiger partial charge on any atom is 0.148 e. The predicted octanol–water partition coefficient (Wildman–Crippen LogP) is 3.28. The molecule has 0 aromatic carbocycles. The van der Waals surface area contributed by atoms with Crippen LogP contribution in [0.25, 0.3) is 0 Å². The van der Waals surface area contributed by atoms with E-state index in [0.29, 0.717) is 12.1 Å². The van der Waals surface area contributed by atoms with Crippen LogP contribution in [0.2, 0.25) is 0 Å². The van der Waals surface area contributed by atoms with Gasteiger partial charge in [0.25, 0.3) is 0 Å². The Morgan fingerprint density at radius 3 is 2.38 bits per heavy atom. The molecule has 0 amide bonds. The Kier molecular flexibility index (Phi) is 7.02. The van der Waals surface area contributed by atoms with Gasteiger partial charge in [-0.3, -0.25) is 0 Å². The van der Waals surface area contributed by atoms with Crippen LogP contribution in [0.15, 0.2) is 0 Å². The molecule has 0 aliphatic heterocycles. The summed E-state index contributed by atoms with van der Waals surface area (Å²) in [5.41, 5.74) is 7.84. The number of hydrogen-bond acceptors (Lipinski definition) is 4. The fraction of sp³-hybridized carbons (Fsp3) is 0.812. The number of hydrogen-bond donors (Lipinski definition) is 2. The highest BCUT2D eigenvalue weighted by Crippen LogP contribution is 2.26. The minimum absolute atomic E-state index is 0.311. The molecule has 0 saturated carbocycles. The lowest BCUT2D eigenvalue weighted by atomic mass is 10.1. The summed E-state index contributed by atoms with van der Waals surface area (Å²) in [6.07, 6.45) is 2.34. The van der Waals surface area contributed by atoms with Crippen molar-refractivity contribution >= 4 is 11.5 Å². The third kappa shape index (κ3) is 4.92. The molecule has 1 unspecified atom stereocenters. The Morgan fingerprint density at radius 1 is 1.24 bits per heavy atom. The lowest BCUT2D eigenvalue weighted by Crippen LogP contribution is -2.26. The van der Waals surface area contributed by atoms with Gasteiger partial charge in [0.05, 0.1) is 11.4 Å². The molecular weight excluding hydrogens is 262 g/mol. The van der Waals surface area contributed by atoms with Crippen molar-refractivity contribution in [2.24, 2.45) is 0 Å². The van der Waals surface area contributed by atoms with Crippen molar-refractivity contribution in [2.45, 2.75) is 66.5 Å². The van der Waals surface area contributed by atoms with Gasteiger partial charge >= 0.3 is 0 Å². The van der Waals surface area contributed by atoms with Crippen LogP contribution in [0.1, 0.15) is 59.2 Å². The van der Waals surface area contributed by atoms with Crippen molar-refractivity contribution in [1.29, 1.82) is 0 Å². The summed E-state index contributed by atoms with van der Waals surface area (Å²) in [4.78, 5) is 2.46. The van der Waals surface area contributed by atoms with Crippen LogP contribution in [0.4, 0.5) is 11.5 Å². The van der Waals surface area contributed by atoms with Gasteiger partial charge in [0, 0.05) is 12.1 Å². The lowest BCUT2D eigenvalue weighted by molar-refractivity contribution is 0.295. The number of nitrogens with two attached hydrogens (primary N) is 1. The Hall–Kier alpha value is -1.23. The molecule has 122 valence electrons. The Morgan fingerprint density at radius 2 is 1.86 bits per heavy atom.